The van der Waals surface area contributed by atoms with Crippen molar-refractivity contribution in [1.29, 1.82) is 0 Å². The summed E-state index contributed by atoms with van der Waals surface area (Å²) in [5.41, 5.74) is 1.84. The summed E-state index contributed by atoms with van der Waals surface area (Å²) in [7, 11) is 0. The number of nitrogens with one attached hydrogen (secondary N) is 2. The summed E-state index contributed by atoms with van der Waals surface area (Å²) in [6, 6.07) is 8.87. The van der Waals surface area contributed by atoms with Gasteiger partial charge in [-0.1, -0.05) is 35.3 Å². The molecule has 0 spiro atoms. The third kappa shape index (κ3) is 2.45. The Balaban J connectivity index is 1.90. The lowest BCUT2D eigenvalue weighted by Crippen LogP contribution is -2.13. The number of anilines is 1. The summed E-state index contributed by atoms with van der Waals surface area (Å²) in [6.07, 6.45) is 1.33. The molecule has 0 fully saturated rings. The van der Waals surface area contributed by atoms with E-state index in [4.69, 9.17) is 23.2 Å². The van der Waals surface area contributed by atoms with Gasteiger partial charge >= 0.3 is 0 Å². The predicted octanol–water partition coefficient (Wildman–Crippen LogP) is 3.52. The van der Waals surface area contributed by atoms with Crippen molar-refractivity contribution in [2.24, 2.45) is 0 Å². The standard InChI is InChI=1S/C13H8Cl2N4O/c14-8-6-16-11(15)5-7(8)12(20)19-13-17-9-3-1-2-4-10(9)18-13/h1-6H,(H2,17,18,19,20). The number of pyridine rings is 1. The number of hydrogen-bond donors (Lipinski definition) is 2. The third-order valence-corrected chi connectivity index (χ3v) is 3.20. The van der Waals surface area contributed by atoms with E-state index in [1.165, 1.54) is 12.3 Å². The Kier molecular flexibility index (Phi) is 3.30. The van der Waals surface area contributed by atoms with Crippen molar-refractivity contribution >= 4 is 46.1 Å². The quantitative estimate of drug-likeness (QED) is 0.712. The molecule has 0 aliphatic rings. The van der Waals surface area contributed by atoms with Gasteiger partial charge in [-0.25, -0.2) is 9.97 Å². The fourth-order valence-corrected chi connectivity index (χ4v) is 2.12. The molecule has 3 rings (SSSR count). The van der Waals surface area contributed by atoms with Gasteiger partial charge in [0.2, 0.25) is 5.95 Å². The van der Waals surface area contributed by atoms with Crippen LogP contribution in [0.5, 0.6) is 0 Å². The number of nitrogens with zero attached hydrogens (tertiary/aromatic N) is 2. The second-order valence-electron chi connectivity index (χ2n) is 4.04. The van der Waals surface area contributed by atoms with Crippen molar-refractivity contribution in [1.82, 2.24) is 15.0 Å². The summed E-state index contributed by atoms with van der Waals surface area (Å²) >= 11 is 11.7. The monoisotopic (exact) mass is 306 g/mol. The first-order valence-corrected chi connectivity index (χ1v) is 6.46. The van der Waals surface area contributed by atoms with E-state index in [1.54, 1.807) is 0 Å². The van der Waals surface area contributed by atoms with E-state index < -0.39 is 5.91 Å². The number of fused-ring (bicyclic) bond motifs is 1. The van der Waals surface area contributed by atoms with E-state index in [0.717, 1.165) is 11.0 Å². The average molecular weight is 307 g/mol. The Morgan fingerprint density at radius 3 is 2.85 bits per heavy atom. The molecule has 3 aromatic rings. The van der Waals surface area contributed by atoms with Crippen LogP contribution in [0.1, 0.15) is 10.4 Å². The number of aromatic nitrogens is 3. The Bertz CT molecular complexity index is 767. The SMILES string of the molecule is O=C(Nc1nc2ccccc2[nH]1)c1cc(Cl)ncc1Cl. The van der Waals surface area contributed by atoms with Crippen LogP contribution in [0.2, 0.25) is 10.2 Å². The van der Waals surface area contributed by atoms with Gasteiger partial charge in [0.15, 0.2) is 0 Å². The smallest absolute Gasteiger partial charge is 0.259 e. The van der Waals surface area contributed by atoms with E-state index >= 15 is 0 Å². The summed E-state index contributed by atoms with van der Waals surface area (Å²) in [4.78, 5) is 23.2. The normalized spacial score (nSPS) is 10.7. The van der Waals surface area contributed by atoms with Crippen LogP contribution in [0, 0.1) is 0 Å². The van der Waals surface area contributed by atoms with Crippen molar-refractivity contribution in [2.45, 2.75) is 0 Å². The van der Waals surface area contributed by atoms with Crippen LogP contribution in [0.15, 0.2) is 36.5 Å². The van der Waals surface area contributed by atoms with Gasteiger partial charge < -0.3 is 4.98 Å². The van der Waals surface area contributed by atoms with Crippen molar-refractivity contribution in [3.8, 4) is 0 Å². The van der Waals surface area contributed by atoms with Gasteiger partial charge in [-0.05, 0) is 18.2 Å². The number of carbonyl (C=O) groups excluding carboxylic acids is 1. The van der Waals surface area contributed by atoms with E-state index in [-0.39, 0.29) is 15.7 Å². The van der Waals surface area contributed by atoms with Gasteiger partial charge in [0.05, 0.1) is 21.6 Å². The molecular weight excluding hydrogens is 299 g/mol. The van der Waals surface area contributed by atoms with Gasteiger partial charge in [0.25, 0.3) is 5.91 Å². The number of para-hydroxylation sites is 2. The highest BCUT2D eigenvalue weighted by Gasteiger charge is 2.13. The fourth-order valence-electron chi connectivity index (χ4n) is 1.77. The maximum Gasteiger partial charge on any atom is 0.259 e. The molecule has 2 N–H and O–H groups in total. The molecule has 2 aromatic heterocycles. The molecule has 0 radical (unpaired) electrons. The lowest BCUT2D eigenvalue weighted by Gasteiger charge is -2.03. The highest BCUT2D eigenvalue weighted by atomic mass is 35.5. The van der Waals surface area contributed by atoms with Crippen molar-refractivity contribution in [3.05, 3.63) is 52.3 Å². The zero-order chi connectivity index (χ0) is 14.1. The molecule has 0 saturated heterocycles. The van der Waals surface area contributed by atoms with Crippen molar-refractivity contribution in [3.63, 3.8) is 0 Å². The Labute approximate surface area is 124 Å². The molecule has 0 unspecified atom stereocenters. The molecule has 0 atom stereocenters. The molecule has 7 heteroatoms. The molecule has 0 aliphatic carbocycles. The zero-order valence-electron chi connectivity index (χ0n) is 10.0. The van der Waals surface area contributed by atoms with E-state index in [1.807, 2.05) is 24.3 Å². The van der Waals surface area contributed by atoms with Crippen LogP contribution in [0.25, 0.3) is 11.0 Å². The Morgan fingerprint density at radius 2 is 2.05 bits per heavy atom. The lowest BCUT2D eigenvalue weighted by molar-refractivity contribution is 0.102. The second kappa shape index (κ2) is 5.11. The van der Waals surface area contributed by atoms with Crippen LogP contribution < -0.4 is 5.32 Å². The minimum Gasteiger partial charge on any atom is -0.324 e. The predicted molar refractivity (Wildman–Crippen MR) is 78.3 cm³/mol. The van der Waals surface area contributed by atoms with Gasteiger partial charge in [-0.15, -0.1) is 0 Å². The molecule has 0 bridgehead atoms. The zero-order valence-corrected chi connectivity index (χ0v) is 11.5. The number of rotatable bonds is 2. The first kappa shape index (κ1) is 12.9. The van der Waals surface area contributed by atoms with E-state index in [0.29, 0.717) is 5.95 Å². The first-order valence-electron chi connectivity index (χ1n) is 5.70. The van der Waals surface area contributed by atoms with Crippen LogP contribution >= 0.6 is 23.2 Å². The second-order valence-corrected chi connectivity index (χ2v) is 4.84. The minimum atomic E-state index is -0.404. The number of aromatic amines is 1. The van der Waals surface area contributed by atoms with E-state index in [2.05, 4.69) is 20.3 Å². The molecule has 2 heterocycles. The molecular formula is C13H8Cl2N4O. The molecule has 1 amide bonds. The summed E-state index contributed by atoms with van der Waals surface area (Å²) in [5, 5.41) is 3.06. The molecule has 20 heavy (non-hydrogen) atoms. The number of benzene rings is 1. The van der Waals surface area contributed by atoms with Crippen molar-refractivity contribution < 1.29 is 4.79 Å². The third-order valence-electron chi connectivity index (χ3n) is 2.69. The van der Waals surface area contributed by atoms with Gasteiger partial charge in [-0.3, -0.25) is 10.1 Å². The lowest BCUT2D eigenvalue weighted by atomic mass is 10.2. The molecule has 5 nitrogen and oxygen atoms in total. The molecule has 0 aliphatic heterocycles. The largest absolute Gasteiger partial charge is 0.324 e. The highest BCUT2D eigenvalue weighted by molar-refractivity contribution is 6.35. The highest BCUT2D eigenvalue weighted by Crippen LogP contribution is 2.20. The van der Waals surface area contributed by atoms with Crippen molar-refractivity contribution in [2.75, 3.05) is 5.32 Å². The summed E-state index contributed by atoms with van der Waals surface area (Å²) in [5.74, 6) is -0.0569. The van der Waals surface area contributed by atoms with Crippen LogP contribution in [-0.2, 0) is 0 Å². The fraction of sp³-hybridized carbons (Fsp3) is 0. The number of H-pyrrole nitrogens is 1. The Morgan fingerprint density at radius 1 is 1.25 bits per heavy atom. The van der Waals surface area contributed by atoms with E-state index in [9.17, 15) is 4.79 Å². The number of halogens is 2. The van der Waals surface area contributed by atoms with Crippen LogP contribution in [0.3, 0.4) is 0 Å². The summed E-state index contributed by atoms with van der Waals surface area (Å²) < 4.78 is 0. The van der Waals surface area contributed by atoms with Crippen LogP contribution in [0.4, 0.5) is 5.95 Å². The number of amides is 1. The first-order chi connectivity index (χ1) is 9.63. The summed E-state index contributed by atoms with van der Waals surface area (Å²) in [6.45, 7) is 0. The van der Waals surface area contributed by atoms with Gasteiger partial charge in [0, 0.05) is 6.20 Å². The number of carbonyl (C=O) groups is 1. The number of hydrogen-bond acceptors (Lipinski definition) is 3. The van der Waals surface area contributed by atoms with Gasteiger partial charge in [-0.2, -0.15) is 0 Å². The maximum atomic E-state index is 12.1. The van der Waals surface area contributed by atoms with Crippen LogP contribution in [-0.4, -0.2) is 20.9 Å². The topological polar surface area (TPSA) is 70.7 Å². The van der Waals surface area contributed by atoms with Gasteiger partial charge in [0.1, 0.15) is 5.15 Å². The molecule has 1 aromatic carbocycles. The molecule has 100 valence electrons. The number of imidazole rings is 1. The maximum absolute atomic E-state index is 12.1. The minimum absolute atomic E-state index is 0.198. The Hall–Kier alpha value is -2.11. The molecule has 0 saturated carbocycles. The average Bonchev–Trinajstić information content (AvgIpc) is 2.83.